The molecular weight excluding hydrogens is 492 g/mol. The molecule has 1 aromatic carbocycles. The standard InChI is InChI=1S/C17H14Cl5NO4S/c1-4-26-17(25)9-6(2)7(3)28-16(9)23-8(24)5-27-15-13(21)11(19)10(18)12(20)14(15)22/h4-5H2,1-3H3,(H,23,24). The van der Waals surface area contributed by atoms with Crippen molar-refractivity contribution >= 4 is 86.2 Å². The molecule has 5 nitrogen and oxygen atoms in total. The van der Waals surface area contributed by atoms with Crippen LogP contribution in [-0.4, -0.2) is 25.1 Å². The first-order valence-corrected chi connectivity index (χ1v) is 10.5. The van der Waals surface area contributed by atoms with Crippen molar-refractivity contribution in [3.05, 3.63) is 41.1 Å². The van der Waals surface area contributed by atoms with Gasteiger partial charge in [-0.25, -0.2) is 4.79 Å². The molecule has 1 amide bonds. The number of carbonyl (C=O) groups is 2. The number of carbonyl (C=O) groups excluding carboxylic acids is 2. The van der Waals surface area contributed by atoms with Gasteiger partial charge in [-0.3, -0.25) is 4.79 Å². The Morgan fingerprint density at radius 3 is 2.04 bits per heavy atom. The number of amides is 1. The minimum atomic E-state index is -0.541. The third-order valence-corrected chi connectivity index (χ3v) is 7.00. The largest absolute Gasteiger partial charge is 0.481 e. The molecule has 0 atom stereocenters. The van der Waals surface area contributed by atoms with Gasteiger partial charge < -0.3 is 14.8 Å². The highest BCUT2D eigenvalue weighted by Crippen LogP contribution is 2.48. The van der Waals surface area contributed by atoms with E-state index in [2.05, 4.69) is 5.32 Å². The predicted octanol–water partition coefficient (Wildman–Crippen LogP) is 6.83. The SMILES string of the molecule is CCOC(=O)c1c(NC(=O)COc2c(Cl)c(Cl)c(Cl)c(Cl)c2Cl)sc(C)c1C. The monoisotopic (exact) mass is 503 g/mol. The summed E-state index contributed by atoms with van der Waals surface area (Å²) in [5, 5.41) is 2.78. The van der Waals surface area contributed by atoms with Crippen LogP contribution in [0.3, 0.4) is 0 Å². The molecule has 2 rings (SSSR count). The average molecular weight is 506 g/mol. The van der Waals surface area contributed by atoms with Gasteiger partial charge in [-0.15, -0.1) is 11.3 Å². The van der Waals surface area contributed by atoms with Gasteiger partial charge in [0, 0.05) is 4.88 Å². The van der Waals surface area contributed by atoms with Crippen molar-refractivity contribution in [2.24, 2.45) is 0 Å². The molecule has 0 fully saturated rings. The maximum atomic E-state index is 12.3. The number of hydrogen-bond acceptors (Lipinski definition) is 5. The molecule has 1 aromatic heterocycles. The Morgan fingerprint density at radius 1 is 0.964 bits per heavy atom. The third-order valence-electron chi connectivity index (χ3n) is 3.63. The van der Waals surface area contributed by atoms with Gasteiger partial charge in [0.25, 0.3) is 5.91 Å². The molecule has 0 saturated heterocycles. The van der Waals surface area contributed by atoms with Crippen molar-refractivity contribution < 1.29 is 19.1 Å². The van der Waals surface area contributed by atoms with Gasteiger partial charge in [0.2, 0.25) is 0 Å². The summed E-state index contributed by atoms with van der Waals surface area (Å²) in [6.45, 7) is 5.09. The Hall–Kier alpha value is -0.890. The van der Waals surface area contributed by atoms with Gasteiger partial charge in [-0.05, 0) is 26.3 Å². The first-order valence-electron chi connectivity index (χ1n) is 7.81. The van der Waals surface area contributed by atoms with E-state index in [-0.39, 0.29) is 37.5 Å². The molecule has 2 aromatic rings. The van der Waals surface area contributed by atoms with E-state index in [0.29, 0.717) is 10.6 Å². The normalized spacial score (nSPS) is 10.7. The highest BCUT2D eigenvalue weighted by molar-refractivity contribution is 7.16. The van der Waals surface area contributed by atoms with Crippen LogP contribution < -0.4 is 10.1 Å². The number of ether oxygens (including phenoxy) is 2. The number of esters is 1. The number of benzene rings is 1. The Bertz CT molecular complexity index is 915. The lowest BCUT2D eigenvalue weighted by Gasteiger charge is -2.13. The van der Waals surface area contributed by atoms with Crippen LogP contribution in [0.5, 0.6) is 5.75 Å². The topological polar surface area (TPSA) is 64.6 Å². The Morgan fingerprint density at radius 2 is 1.50 bits per heavy atom. The summed E-state index contributed by atoms with van der Waals surface area (Å²) in [4.78, 5) is 25.4. The number of rotatable bonds is 6. The number of halogens is 5. The van der Waals surface area contributed by atoms with Gasteiger partial charge in [-0.2, -0.15) is 0 Å². The second kappa shape index (κ2) is 9.74. The molecule has 1 N–H and O–H groups in total. The second-order valence-corrected chi connectivity index (χ2v) is 8.56. The highest BCUT2D eigenvalue weighted by atomic mass is 35.5. The molecular formula is C17H14Cl5NO4S. The summed E-state index contributed by atoms with van der Waals surface area (Å²) in [5.74, 6) is -1.12. The van der Waals surface area contributed by atoms with Crippen LogP contribution in [0.4, 0.5) is 5.00 Å². The van der Waals surface area contributed by atoms with Crippen molar-refractivity contribution in [3.63, 3.8) is 0 Å². The number of hydrogen-bond donors (Lipinski definition) is 1. The third kappa shape index (κ3) is 4.81. The van der Waals surface area contributed by atoms with Crippen molar-refractivity contribution in [1.82, 2.24) is 0 Å². The van der Waals surface area contributed by atoms with E-state index in [1.165, 1.54) is 11.3 Å². The lowest BCUT2D eigenvalue weighted by atomic mass is 10.1. The zero-order valence-corrected chi connectivity index (χ0v) is 19.4. The molecule has 0 saturated carbocycles. The number of nitrogens with one attached hydrogen (secondary N) is 1. The number of thiophene rings is 1. The summed E-state index contributed by atoms with van der Waals surface area (Å²) < 4.78 is 10.4. The molecule has 0 radical (unpaired) electrons. The van der Waals surface area contributed by atoms with E-state index < -0.39 is 18.5 Å². The molecule has 11 heteroatoms. The zero-order valence-electron chi connectivity index (χ0n) is 14.8. The Balaban J connectivity index is 2.19. The van der Waals surface area contributed by atoms with Crippen LogP contribution in [0.15, 0.2) is 0 Å². The molecule has 28 heavy (non-hydrogen) atoms. The van der Waals surface area contributed by atoms with E-state index in [0.717, 1.165) is 10.4 Å². The van der Waals surface area contributed by atoms with Crippen molar-refractivity contribution in [1.29, 1.82) is 0 Å². The molecule has 0 aliphatic rings. The van der Waals surface area contributed by atoms with Crippen LogP contribution in [0.2, 0.25) is 25.1 Å². The maximum absolute atomic E-state index is 12.3. The molecule has 0 aliphatic heterocycles. The van der Waals surface area contributed by atoms with Crippen molar-refractivity contribution in [2.45, 2.75) is 20.8 Å². The summed E-state index contributed by atoms with van der Waals surface area (Å²) in [7, 11) is 0. The number of anilines is 1. The average Bonchev–Trinajstić information content (AvgIpc) is 2.92. The fourth-order valence-corrected chi connectivity index (χ4v) is 4.47. The van der Waals surface area contributed by atoms with Crippen LogP contribution in [0.1, 0.15) is 27.7 Å². The van der Waals surface area contributed by atoms with Gasteiger partial charge in [0.15, 0.2) is 12.4 Å². The fraction of sp³-hybridized carbons (Fsp3) is 0.294. The molecule has 0 aliphatic carbocycles. The van der Waals surface area contributed by atoms with E-state index in [1.807, 2.05) is 6.92 Å². The van der Waals surface area contributed by atoms with Gasteiger partial charge >= 0.3 is 5.97 Å². The Kier molecular flexibility index (Phi) is 8.14. The van der Waals surface area contributed by atoms with E-state index in [1.54, 1.807) is 13.8 Å². The van der Waals surface area contributed by atoms with Gasteiger partial charge in [-0.1, -0.05) is 58.0 Å². The lowest BCUT2D eigenvalue weighted by Crippen LogP contribution is -2.21. The summed E-state index contributed by atoms with van der Waals surface area (Å²) in [6.07, 6.45) is 0. The fourth-order valence-electron chi connectivity index (χ4n) is 2.18. The second-order valence-electron chi connectivity index (χ2n) is 5.44. The minimum absolute atomic E-state index is 0.0150. The van der Waals surface area contributed by atoms with E-state index in [4.69, 9.17) is 67.5 Å². The number of aryl methyl sites for hydroxylation is 1. The minimum Gasteiger partial charge on any atom is -0.481 e. The van der Waals surface area contributed by atoms with Crippen molar-refractivity contribution in [2.75, 3.05) is 18.5 Å². The molecule has 152 valence electrons. The smallest absolute Gasteiger partial charge is 0.341 e. The predicted molar refractivity (Wildman–Crippen MR) is 115 cm³/mol. The van der Waals surface area contributed by atoms with Crippen LogP contribution in [0.25, 0.3) is 0 Å². The zero-order chi connectivity index (χ0) is 21.2. The summed E-state index contributed by atoms with van der Waals surface area (Å²) in [5.41, 5.74) is 1.05. The van der Waals surface area contributed by atoms with Crippen molar-refractivity contribution in [3.8, 4) is 5.75 Å². The molecule has 0 bridgehead atoms. The first-order chi connectivity index (χ1) is 13.1. The summed E-state index contributed by atoms with van der Waals surface area (Å²) in [6, 6.07) is 0. The maximum Gasteiger partial charge on any atom is 0.341 e. The lowest BCUT2D eigenvalue weighted by molar-refractivity contribution is -0.118. The van der Waals surface area contributed by atoms with Gasteiger partial charge in [0.1, 0.15) is 15.0 Å². The van der Waals surface area contributed by atoms with E-state index >= 15 is 0 Å². The Labute approximate surface area is 190 Å². The quantitative estimate of drug-likeness (QED) is 0.266. The molecule has 0 unspecified atom stereocenters. The highest BCUT2D eigenvalue weighted by Gasteiger charge is 2.24. The molecule has 0 spiro atoms. The van der Waals surface area contributed by atoms with E-state index in [9.17, 15) is 9.59 Å². The van der Waals surface area contributed by atoms with Crippen LogP contribution >= 0.6 is 69.3 Å². The molecule has 1 heterocycles. The van der Waals surface area contributed by atoms with Gasteiger partial charge in [0.05, 0.1) is 27.2 Å². The van der Waals surface area contributed by atoms with Crippen LogP contribution in [0, 0.1) is 13.8 Å². The first kappa shape index (κ1) is 23.4. The summed E-state index contributed by atoms with van der Waals surface area (Å²) >= 11 is 31.3. The van der Waals surface area contributed by atoms with Crippen LogP contribution in [-0.2, 0) is 9.53 Å².